The Morgan fingerprint density at radius 2 is 2.00 bits per heavy atom. The summed E-state index contributed by atoms with van der Waals surface area (Å²) in [5.74, 6) is -1.17. The van der Waals surface area contributed by atoms with Gasteiger partial charge in [-0.1, -0.05) is 26.0 Å². The number of anilines is 1. The van der Waals surface area contributed by atoms with Gasteiger partial charge in [0.1, 0.15) is 5.75 Å². The number of hydrogen-bond donors (Lipinski definition) is 2. The Bertz CT molecular complexity index is 765. The van der Waals surface area contributed by atoms with E-state index in [0.29, 0.717) is 23.6 Å². The van der Waals surface area contributed by atoms with E-state index < -0.39 is 11.9 Å². The van der Waals surface area contributed by atoms with Crippen molar-refractivity contribution < 1.29 is 19.4 Å². The number of nitrogens with one attached hydrogen (secondary N) is 1. The van der Waals surface area contributed by atoms with E-state index in [4.69, 9.17) is 4.74 Å². The van der Waals surface area contributed by atoms with E-state index in [1.54, 1.807) is 31.3 Å². The van der Waals surface area contributed by atoms with Crippen LogP contribution in [0.25, 0.3) is 0 Å². The van der Waals surface area contributed by atoms with Crippen LogP contribution in [0.4, 0.5) is 5.69 Å². The lowest BCUT2D eigenvalue weighted by Crippen LogP contribution is -2.17. The number of nitrogens with zero attached hydrogens (tertiary/aromatic N) is 2. The molecule has 1 amide bonds. The van der Waals surface area contributed by atoms with Gasteiger partial charge in [-0.25, -0.2) is 4.79 Å². The van der Waals surface area contributed by atoms with E-state index in [1.807, 2.05) is 20.8 Å². The Morgan fingerprint density at radius 1 is 1.33 bits per heavy atom. The number of rotatable bonds is 6. The zero-order valence-corrected chi connectivity index (χ0v) is 14.2. The fraction of sp³-hybridized carbons (Fsp3) is 0.353. The lowest BCUT2D eigenvalue weighted by Gasteiger charge is -2.12. The highest BCUT2D eigenvalue weighted by Gasteiger charge is 2.25. The molecule has 0 atom stereocenters. The first-order chi connectivity index (χ1) is 11.4. The quantitative estimate of drug-likeness (QED) is 0.849. The largest absolute Gasteiger partial charge is 0.493 e. The van der Waals surface area contributed by atoms with Gasteiger partial charge in [-0.05, 0) is 25.0 Å². The molecule has 7 heteroatoms. The molecule has 0 bridgehead atoms. The van der Waals surface area contributed by atoms with Gasteiger partial charge in [0.2, 0.25) is 0 Å². The fourth-order valence-electron chi connectivity index (χ4n) is 2.43. The number of carbonyl (C=O) groups is 2. The lowest BCUT2D eigenvalue weighted by molar-refractivity contribution is 0.0686. The minimum atomic E-state index is -1.15. The smallest absolute Gasteiger partial charge is 0.356 e. The molecule has 0 saturated heterocycles. The summed E-state index contributed by atoms with van der Waals surface area (Å²) in [6.07, 6.45) is 0. The minimum absolute atomic E-state index is 0.0401. The van der Waals surface area contributed by atoms with Crippen molar-refractivity contribution in [3.05, 3.63) is 41.2 Å². The highest BCUT2D eigenvalue weighted by molar-refractivity contribution is 6.09. The van der Waals surface area contributed by atoms with Crippen LogP contribution in [-0.2, 0) is 7.05 Å². The van der Waals surface area contributed by atoms with Crippen molar-refractivity contribution in [2.24, 2.45) is 7.05 Å². The third kappa shape index (κ3) is 3.40. The molecule has 2 N–H and O–H groups in total. The van der Waals surface area contributed by atoms with Crippen LogP contribution >= 0.6 is 0 Å². The summed E-state index contributed by atoms with van der Waals surface area (Å²) < 4.78 is 6.72. The Hall–Kier alpha value is -2.83. The number of benzene rings is 1. The number of aryl methyl sites for hydroxylation is 1. The number of carboxylic acid groups (broad SMARTS) is 1. The van der Waals surface area contributed by atoms with Gasteiger partial charge in [0.25, 0.3) is 5.91 Å². The average Bonchev–Trinajstić information content (AvgIpc) is 2.84. The van der Waals surface area contributed by atoms with Crippen molar-refractivity contribution in [2.75, 3.05) is 11.9 Å². The Labute approximate surface area is 140 Å². The third-order valence-corrected chi connectivity index (χ3v) is 3.49. The SMILES string of the molecule is CCOc1ccccc1C(=O)Nc1c(C(C)C)nn(C)c1C(=O)O. The minimum Gasteiger partial charge on any atom is -0.493 e. The van der Waals surface area contributed by atoms with Crippen LogP contribution in [0.1, 0.15) is 53.2 Å². The van der Waals surface area contributed by atoms with Gasteiger partial charge in [-0.15, -0.1) is 0 Å². The predicted octanol–water partition coefficient (Wildman–Crippen LogP) is 2.89. The highest BCUT2D eigenvalue weighted by Crippen LogP contribution is 2.28. The molecular formula is C17H21N3O4. The van der Waals surface area contributed by atoms with Gasteiger partial charge in [-0.2, -0.15) is 5.10 Å². The molecule has 0 unspecified atom stereocenters. The molecule has 1 aromatic carbocycles. The molecule has 0 radical (unpaired) electrons. The van der Waals surface area contributed by atoms with E-state index in [9.17, 15) is 14.7 Å². The summed E-state index contributed by atoms with van der Waals surface area (Å²) in [6.45, 7) is 6.03. The Kier molecular flexibility index (Phi) is 5.23. The summed E-state index contributed by atoms with van der Waals surface area (Å²) in [4.78, 5) is 24.2. The molecule has 128 valence electrons. The van der Waals surface area contributed by atoms with Crippen molar-refractivity contribution >= 4 is 17.6 Å². The lowest BCUT2D eigenvalue weighted by atomic mass is 10.1. The number of para-hydroxylation sites is 1. The van der Waals surface area contributed by atoms with Crippen molar-refractivity contribution in [1.29, 1.82) is 0 Å². The molecule has 2 aromatic rings. The van der Waals surface area contributed by atoms with Crippen LogP contribution < -0.4 is 10.1 Å². The van der Waals surface area contributed by atoms with Crippen LogP contribution in [0.2, 0.25) is 0 Å². The van der Waals surface area contributed by atoms with Crippen LogP contribution in [0.3, 0.4) is 0 Å². The number of carboxylic acids is 1. The summed E-state index contributed by atoms with van der Waals surface area (Å²) in [7, 11) is 1.54. The van der Waals surface area contributed by atoms with Gasteiger partial charge >= 0.3 is 5.97 Å². The zero-order chi connectivity index (χ0) is 17.9. The Balaban J connectivity index is 2.44. The van der Waals surface area contributed by atoms with E-state index in [0.717, 1.165) is 0 Å². The third-order valence-electron chi connectivity index (χ3n) is 3.49. The maximum atomic E-state index is 12.6. The summed E-state index contributed by atoms with van der Waals surface area (Å²) in [5.41, 5.74) is 1.03. The average molecular weight is 331 g/mol. The molecule has 24 heavy (non-hydrogen) atoms. The van der Waals surface area contributed by atoms with Gasteiger partial charge in [-0.3, -0.25) is 9.48 Å². The number of ether oxygens (including phenoxy) is 1. The Morgan fingerprint density at radius 3 is 2.58 bits per heavy atom. The number of hydrogen-bond acceptors (Lipinski definition) is 4. The standard InChI is InChI=1S/C17H21N3O4/c1-5-24-12-9-7-6-8-11(12)16(21)18-14-13(10(2)3)19-20(4)15(14)17(22)23/h6-10H,5H2,1-4H3,(H,18,21)(H,22,23). The summed E-state index contributed by atoms with van der Waals surface area (Å²) in [6, 6.07) is 6.82. The molecule has 1 aromatic heterocycles. The highest BCUT2D eigenvalue weighted by atomic mass is 16.5. The molecule has 1 heterocycles. The number of aromatic carboxylic acids is 1. The van der Waals surface area contributed by atoms with E-state index in [1.165, 1.54) is 4.68 Å². The maximum Gasteiger partial charge on any atom is 0.356 e. The molecule has 0 aliphatic carbocycles. The van der Waals surface area contributed by atoms with Crippen molar-refractivity contribution in [3.8, 4) is 5.75 Å². The number of carbonyl (C=O) groups excluding carboxylic acids is 1. The van der Waals surface area contributed by atoms with Crippen LogP contribution in [0.15, 0.2) is 24.3 Å². The van der Waals surface area contributed by atoms with Gasteiger partial charge in [0.15, 0.2) is 5.69 Å². The molecule has 0 spiro atoms. The first-order valence-corrected chi connectivity index (χ1v) is 7.70. The predicted molar refractivity (Wildman–Crippen MR) is 89.8 cm³/mol. The van der Waals surface area contributed by atoms with Crippen LogP contribution in [0, 0.1) is 0 Å². The van der Waals surface area contributed by atoms with Gasteiger partial charge in [0.05, 0.1) is 23.6 Å². The molecule has 2 rings (SSSR count). The van der Waals surface area contributed by atoms with E-state index in [-0.39, 0.29) is 17.3 Å². The second kappa shape index (κ2) is 7.16. The topological polar surface area (TPSA) is 93.5 Å². The number of amides is 1. The van der Waals surface area contributed by atoms with Crippen LogP contribution in [-0.4, -0.2) is 33.4 Å². The molecule has 0 aliphatic heterocycles. The fourth-order valence-corrected chi connectivity index (χ4v) is 2.43. The second-order valence-corrected chi connectivity index (χ2v) is 5.58. The first-order valence-electron chi connectivity index (χ1n) is 7.70. The van der Waals surface area contributed by atoms with E-state index in [2.05, 4.69) is 10.4 Å². The van der Waals surface area contributed by atoms with Crippen molar-refractivity contribution in [1.82, 2.24) is 9.78 Å². The maximum absolute atomic E-state index is 12.6. The zero-order valence-electron chi connectivity index (χ0n) is 14.2. The molecular weight excluding hydrogens is 310 g/mol. The summed E-state index contributed by atoms with van der Waals surface area (Å²) in [5, 5.41) is 16.3. The molecule has 0 aliphatic rings. The van der Waals surface area contributed by atoms with Crippen molar-refractivity contribution in [2.45, 2.75) is 26.7 Å². The normalized spacial score (nSPS) is 10.7. The summed E-state index contributed by atoms with van der Waals surface area (Å²) >= 11 is 0. The molecule has 7 nitrogen and oxygen atoms in total. The first kappa shape index (κ1) is 17.5. The van der Waals surface area contributed by atoms with Gasteiger partial charge < -0.3 is 15.2 Å². The molecule has 0 fully saturated rings. The van der Waals surface area contributed by atoms with Gasteiger partial charge in [0, 0.05) is 7.05 Å². The van der Waals surface area contributed by atoms with Crippen molar-refractivity contribution in [3.63, 3.8) is 0 Å². The van der Waals surface area contributed by atoms with Crippen LogP contribution in [0.5, 0.6) is 5.75 Å². The van der Waals surface area contributed by atoms with E-state index >= 15 is 0 Å². The second-order valence-electron chi connectivity index (χ2n) is 5.58. The monoisotopic (exact) mass is 331 g/mol. The number of aromatic nitrogens is 2. The molecule has 0 saturated carbocycles.